The zero-order valence-corrected chi connectivity index (χ0v) is 63.6. The van der Waals surface area contributed by atoms with Crippen LogP contribution in [0.3, 0.4) is 0 Å². The van der Waals surface area contributed by atoms with Gasteiger partial charge in [-0.3, -0.25) is 14.6 Å². The maximum absolute atomic E-state index is 15.6. The molecular weight excluding hydrogens is 1190 g/mol. The van der Waals surface area contributed by atoms with Gasteiger partial charge in [-0.05, 0) is 144 Å². The molecule has 480 valence electrons. The second-order valence-electron chi connectivity index (χ2n) is 25.4. The third-order valence-corrected chi connectivity index (χ3v) is 21.1. The Bertz CT molecular complexity index is 2950. The van der Waals surface area contributed by atoms with Crippen LogP contribution in [0.5, 0.6) is 0 Å². The number of rotatable bonds is 17. The van der Waals surface area contributed by atoms with Crippen molar-refractivity contribution >= 4 is 58.1 Å². The number of hydrogen-bond donors (Lipinski definition) is 0. The van der Waals surface area contributed by atoms with Crippen molar-refractivity contribution in [3.8, 4) is 0 Å². The van der Waals surface area contributed by atoms with E-state index in [1.165, 1.54) is 19.5 Å². The maximum Gasteiger partial charge on any atom is 2.00 e. The molecule has 89 heavy (non-hydrogen) atoms. The van der Waals surface area contributed by atoms with E-state index >= 15 is 9.59 Å². The average Bonchev–Trinajstić information content (AvgIpc) is 0.904. The molecule has 13 nitrogen and oxygen atoms in total. The molecule has 0 fully saturated rings. The summed E-state index contributed by atoms with van der Waals surface area (Å²) in [7, 11) is -4.93. The number of carbonyl (C=O) groups is 2. The van der Waals surface area contributed by atoms with Crippen LogP contribution in [-0.2, 0) is 42.7 Å². The normalized spacial score (nSPS) is 16.7. The van der Waals surface area contributed by atoms with Crippen LogP contribution in [0, 0.1) is 0 Å². The topological polar surface area (TPSA) is 137 Å². The molecule has 0 saturated carbocycles. The van der Waals surface area contributed by atoms with Crippen molar-refractivity contribution in [3.63, 3.8) is 0 Å². The van der Waals surface area contributed by atoms with Crippen LogP contribution in [-0.4, -0.2) is 62.0 Å². The molecule has 5 aromatic rings. The first-order chi connectivity index (χ1) is 41.2. The Morgan fingerprint density at radius 1 is 0.461 bits per heavy atom. The Labute approximate surface area is 552 Å². The minimum Gasteiger partial charge on any atom is -0.793 e. The van der Waals surface area contributed by atoms with E-state index in [4.69, 9.17) is 13.6 Å². The van der Waals surface area contributed by atoms with Crippen molar-refractivity contribution < 1.29 is 52.2 Å². The van der Waals surface area contributed by atoms with Gasteiger partial charge in [-0.15, -0.1) is 0 Å². The summed E-state index contributed by atoms with van der Waals surface area (Å²) in [5.41, 5.74) is 15.6. The Balaban J connectivity index is 0.000000378. The summed E-state index contributed by atoms with van der Waals surface area (Å²) in [5.74, 6) is 0.155. The third-order valence-electron chi connectivity index (χ3n) is 15.6. The number of hydrogen-bond acceptors (Lipinski definition) is 13. The van der Waals surface area contributed by atoms with Gasteiger partial charge in [0.25, 0.3) is 11.9 Å². The van der Waals surface area contributed by atoms with Crippen LogP contribution in [0.2, 0.25) is 0 Å². The first-order valence-electron chi connectivity index (χ1n) is 31.6. The van der Waals surface area contributed by atoms with E-state index in [-0.39, 0.29) is 66.8 Å². The van der Waals surface area contributed by atoms with Crippen molar-refractivity contribution in [3.05, 3.63) is 190 Å². The predicted molar refractivity (Wildman–Crippen MR) is 370 cm³/mol. The van der Waals surface area contributed by atoms with Gasteiger partial charge in [0, 0.05) is 105 Å². The molecule has 4 aromatic carbocycles. The Kier molecular flexibility index (Phi) is 29.3. The standard InChI is InChI=1S/2C31H43N2O3Si.C7H10N2.C4H10O.Zn/c2*1-19(2)26-14-12-15-27(20(3)4)30(26)32-23(9)18-24(10)33(37(32,35)36-25(11)34)31-28(21(5)6)16-13-17-29(31)22(7)8;1-9(2)7-3-5-8-6-4-7;1-3-5-4-2;/h2*12-22H,9H2,1-8,10-11H3;3-6H,1-2H3;3-4H2,1-2H3;/q2*-1;;;+2/t2*37-;;;/m11.../s1. The van der Waals surface area contributed by atoms with Crippen LogP contribution in [0.1, 0.15) is 244 Å². The first-order valence-corrected chi connectivity index (χ1v) is 35.0. The van der Waals surface area contributed by atoms with Gasteiger partial charge in [0.05, 0.1) is 0 Å². The number of carbonyl (C=O) groups excluding carboxylic acids is 2. The van der Waals surface area contributed by atoms with Crippen molar-refractivity contribution in [2.75, 3.05) is 50.5 Å². The van der Waals surface area contributed by atoms with E-state index in [0.717, 1.165) is 91.9 Å². The number of anilines is 5. The molecular formula is C73H106N6O7Si2Zn. The van der Waals surface area contributed by atoms with E-state index < -0.39 is 29.7 Å². The molecule has 16 heteroatoms. The number of nitrogens with zero attached hydrogens (tertiary/aromatic N) is 6. The van der Waals surface area contributed by atoms with Gasteiger partial charge in [-0.25, -0.2) is 0 Å². The van der Waals surface area contributed by atoms with E-state index in [0.29, 0.717) is 11.4 Å². The van der Waals surface area contributed by atoms with Crippen LogP contribution < -0.4 is 32.8 Å². The molecule has 0 saturated heterocycles. The van der Waals surface area contributed by atoms with Gasteiger partial charge in [0.15, 0.2) is 0 Å². The van der Waals surface area contributed by atoms with Crippen molar-refractivity contribution in [2.45, 2.75) is 200 Å². The molecule has 0 amide bonds. The molecule has 0 unspecified atom stereocenters. The molecule has 3 heterocycles. The number of pyridine rings is 1. The quantitative estimate of drug-likeness (QED) is 0.0818. The smallest absolute Gasteiger partial charge is 0.793 e. The second kappa shape index (κ2) is 33.8. The minimum absolute atomic E-state index is 0. The van der Waals surface area contributed by atoms with Gasteiger partial charge in [-0.1, -0.05) is 197 Å². The van der Waals surface area contributed by atoms with E-state index in [1.807, 2.05) is 92.2 Å². The molecule has 0 N–H and O–H groups in total. The fourth-order valence-corrected chi connectivity index (χ4v) is 17.0. The van der Waals surface area contributed by atoms with E-state index in [1.54, 1.807) is 21.5 Å². The summed E-state index contributed by atoms with van der Waals surface area (Å²) < 4.78 is 23.9. The fourth-order valence-electron chi connectivity index (χ4n) is 11.4. The number of ether oxygens (including phenoxy) is 1. The predicted octanol–water partition coefficient (Wildman–Crippen LogP) is 16.8. The van der Waals surface area contributed by atoms with Gasteiger partial charge in [-0.2, -0.15) is 0 Å². The third kappa shape index (κ3) is 18.1. The fraction of sp³-hybridized carbons (Fsp3) is 0.466. The number of para-hydroxylation sites is 4. The Hall–Kier alpha value is -6.13. The van der Waals surface area contributed by atoms with E-state index in [2.05, 4.69) is 190 Å². The van der Waals surface area contributed by atoms with Crippen molar-refractivity contribution in [1.29, 1.82) is 0 Å². The molecule has 0 aliphatic carbocycles. The van der Waals surface area contributed by atoms with Gasteiger partial charge in [0.2, 0.25) is 0 Å². The average molecular weight is 1300 g/mol. The van der Waals surface area contributed by atoms with E-state index in [9.17, 15) is 9.59 Å². The maximum atomic E-state index is 15.6. The van der Waals surface area contributed by atoms with Gasteiger partial charge >= 0.3 is 37.2 Å². The van der Waals surface area contributed by atoms with Crippen LogP contribution >= 0.6 is 0 Å². The first kappa shape index (κ1) is 77.1. The second-order valence-corrected chi connectivity index (χ2v) is 29.8. The molecule has 0 radical (unpaired) electrons. The van der Waals surface area contributed by atoms with Gasteiger partial charge < -0.3 is 46.3 Å². The Morgan fingerprint density at radius 2 is 0.685 bits per heavy atom. The number of benzene rings is 4. The molecule has 7 rings (SSSR count). The minimum atomic E-state index is -4.48. The molecule has 0 spiro atoms. The summed E-state index contributed by atoms with van der Waals surface area (Å²) in [6, 6.07) is 28.7. The number of allylic oxidation sites excluding steroid dienone is 4. The zero-order chi connectivity index (χ0) is 66.4. The van der Waals surface area contributed by atoms with Crippen molar-refractivity contribution in [2.24, 2.45) is 0 Å². The van der Waals surface area contributed by atoms with Crippen LogP contribution in [0.15, 0.2) is 145 Å². The largest absolute Gasteiger partial charge is 2.00 e. The van der Waals surface area contributed by atoms with Crippen LogP contribution in [0.25, 0.3) is 0 Å². The summed E-state index contributed by atoms with van der Waals surface area (Å²) in [6.45, 7) is 54.9. The molecule has 0 bridgehead atoms. The SMILES string of the molecule is C=C1C=C(C)N(c2c(C(C)C)cccc2C(C)C)[Si@]([O-])(OC(C)=O)N1c1c(C(C)C)cccc1C(C)C.C=C1C=C(C)N(c2c(C(C)C)cccc2C(C)C)[Si@]([O-])(OC(C)=O)N1c1c(C(C)C)cccc1C(C)C.CCOCC.CN(C)c1ccncc1.[Zn+2]. The van der Waals surface area contributed by atoms with Crippen LogP contribution in [0.4, 0.5) is 28.4 Å². The molecule has 1 aromatic heterocycles. The summed E-state index contributed by atoms with van der Waals surface area (Å²) in [4.78, 5) is 62.4. The van der Waals surface area contributed by atoms with Crippen molar-refractivity contribution in [1.82, 2.24) is 4.98 Å². The van der Waals surface area contributed by atoms with Gasteiger partial charge in [0.1, 0.15) is 0 Å². The summed E-state index contributed by atoms with van der Waals surface area (Å²) in [5, 5.41) is 0. The summed E-state index contributed by atoms with van der Waals surface area (Å²) >= 11 is 0. The number of aromatic nitrogens is 1. The zero-order valence-electron chi connectivity index (χ0n) is 58.6. The monoisotopic (exact) mass is 1300 g/mol. The molecule has 2 atom stereocenters. The molecule has 2 aliphatic rings. The summed E-state index contributed by atoms with van der Waals surface area (Å²) in [6.07, 6.45) is 7.48. The molecule has 2 aliphatic heterocycles. The Morgan fingerprint density at radius 3 is 0.854 bits per heavy atom.